The molecule has 0 radical (unpaired) electrons. The normalized spacial score (nSPS) is 11.5. The first kappa shape index (κ1) is 17.0. The summed E-state index contributed by atoms with van der Waals surface area (Å²) in [4.78, 5) is 0.214. The molecular weight excluding hydrogens is 318 g/mol. The van der Waals surface area contributed by atoms with Crippen LogP contribution in [0.1, 0.15) is 24.0 Å². The maximum atomic E-state index is 12.2. The van der Waals surface area contributed by atoms with E-state index in [1.165, 1.54) is 11.6 Å². The molecule has 0 heterocycles. The Morgan fingerprint density at radius 2 is 1.77 bits per heavy atom. The number of hydrogen-bond donors (Lipinski definition) is 1. The molecule has 0 fully saturated rings. The maximum Gasteiger partial charge on any atom is 0.240 e. The van der Waals surface area contributed by atoms with Crippen LogP contribution in [0, 0.1) is 6.92 Å². The van der Waals surface area contributed by atoms with Gasteiger partial charge in [0.05, 0.1) is 4.90 Å². The van der Waals surface area contributed by atoms with Crippen molar-refractivity contribution >= 4 is 21.6 Å². The number of halogens is 1. The van der Waals surface area contributed by atoms with Crippen molar-refractivity contribution in [2.75, 3.05) is 6.54 Å². The van der Waals surface area contributed by atoms with E-state index in [9.17, 15) is 8.42 Å². The van der Waals surface area contributed by atoms with Crippen LogP contribution >= 0.6 is 11.6 Å². The molecule has 2 rings (SSSR count). The number of rotatable bonds is 7. The van der Waals surface area contributed by atoms with Crippen molar-refractivity contribution in [3.8, 4) is 0 Å². The van der Waals surface area contributed by atoms with Gasteiger partial charge in [-0.2, -0.15) is 0 Å². The van der Waals surface area contributed by atoms with Gasteiger partial charge in [0.2, 0.25) is 10.0 Å². The van der Waals surface area contributed by atoms with E-state index in [0.717, 1.165) is 24.8 Å². The smallest absolute Gasteiger partial charge is 0.211 e. The minimum absolute atomic E-state index is 0.214. The molecule has 118 valence electrons. The molecule has 0 unspecified atom stereocenters. The third-order valence-corrected chi connectivity index (χ3v) is 5.35. The second kappa shape index (κ2) is 7.77. The molecule has 0 amide bonds. The Morgan fingerprint density at radius 1 is 1.05 bits per heavy atom. The predicted octanol–water partition coefficient (Wildman–Crippen LogP) is 3.95. The Kier molecular flexibility index (Phi) is 6.00. The number of hydrogen-bond acceptors (Lipinski definition) is 2. The molecule has 0 aromatic heterocycles. The highest BCUT2D eigenvalue weighted by Crippen LogP contribution is 2.19. The monoisotopic (exact) mass is 337 g/mol. The first-order valence-electron chi connectivity index (χ1n) is 7.29. The van der Waals surface area contributed by atoms with Crippen LogP contribution in [0.15, 0.2) is 53.4 Å². The van der Waals surface area contributed by atoms with Crippen molar-refractivity contribution in [1.29, 1.82) is 0 Å². The SMILES string of the molecule is Cc1ccc(S(=O)(=O)NCCCCc2ccccc2)cc1Cl. The second-order valence-electron chi connectivity index (χ2n) is 5.25. The lowest BCUT2D eigenvalue weighted by Crippen LogP contribution is -2.24. The minimum atomic E-state index is -3.48. The summed E-state index contributed by atoms with van der Waals surface area (Å²) in [5.74, 6) is 0. The van der Waals surface area contributed by atoms with Gasteiger partial charge in [-0.1, -0.05) is 48.0 Å². The molecule has 0 saturated carbocycles. The zero-order valence-electron chi connectivity index (χ0n) is 12.5. The Bertz CT molecular complexity index is 715. The number of aryl methyl sites for hydroxylation is 2. The zero-order chi connectivity index (χ0) is 16.0. The zero-order valence-corrected chi connectivity index (χ0v) is 14.1. The van der Waals surface area contributed by atoms with Crippen LogP contribution in [-0.2, 0) is 16.4 Å². The van der Waals surface area contributed by atoms with Crippen molar-refractivity contribution in [2.45, 2.75) is 31.1 Å². The van der Waals surface area contributed by atoms with Crippen molar-refractivity contribution in [3.05, 3.63) is 64.7 Å². The number of unbranched alkanes of at least 4 members (excludes halogenated alkanes) is 1. The summed E-state index contributed by atoms with van der Waals surface area (Å²) < 4.78 is 26.9. The summed E-state index contributed by atoms with van der Waals surface area (Å²) in [5, 5.41) is 0.465. The third-order valence-electron chi connectivity index (χ3n) is 3.48. The molecule has 0 atom stereocenters. The summed E-state index contributed by atoms with van der Waals surface area (Å²) >= 11 is 5.98. The quantitative estimate of drug-likeness (QED) is 0.777. The molecule has 0 spiro atoms. The Morgan fingerprint density at radius 3 is 2.45 bits per heavy atom. The van der Waals surface area contributed by atoms with Crippen LogP contribution in [0.2, 0.25) is 5.02 Å². The van der Waals surface area contributed by atoms with Gasteiger partial charge in [-0.3, -0.25) is 0 Å². The summed E-state index contributed by atoms with van der Waals surface area (Å²) in [6.45, 7) is 2.27. The topological polar surface area (TPSA) is 46.2 Å². The molecule has 1 N–H and O–H groups in total. The van der Waals surface area contributed by atoms with E-state index >= 15 is 0 Å². The van der Waals surface area contributed by atoms with Gasteiger partial charge in [-0.15, -0.1) is 0 Å². The number of benzene rings is 2. The molecule has 0 aliphatic carbocycles. The lowest BCUT2D eigenvalue weighted by atomic mass is 10.1. The molecule has 0 saturated heterocycles. The third kappa shape index (κ3) is 4.83. The molecule has 22 heavy (non-hydrogen) atoms. The highest BCUT2D eigenvalue weighted by molar-refractivity contribution is 7.89. The summed E-state index contributed by atoms with van der Waals surface area (Å²) in [7, 11) is -3.48. The van der Waals surface area contributed by atoms with Crippen molar-refractivity contribution in [2.24, 2.45) is 0 Å². The van der Waals surface area contributed by atoms with Crippen LogP contribution in [-0.4, -0.2) is 15.0 Å². The van der Waals surface area contributed by atoms with Gasteiger partial charge < -0.3 is 0 Å². The summed E-state index contributed by atoms with van der Waals surface area (Å²) in [6.07, 6.45) is 2.70. The summed E-state index contributed by atoms with van der Waals surface area (Å²) in [6, 6.07) is 15.0. The highest BCUT2D eigenvalue weighted by Gasteiger charge is 2.14. The predicted molar refractivity (Wildman–Crippen MR) is 90.8 cm³/mol. The molecule has 2 aromatic rings. The van der Waals surface area contributed by atoms with Gasteiger partial charge in [0.1, 0.15) is 0 Å². The minimum Gasteiger partial charge on any atom is -0.211 e. The molecule has 3 nitrogen and oxygen atoms in total. The van der Waals surface area contributed by atoms with Crippen LogP contribution < -0.4 is 4.72 Å². The van der Waals surface area contributed by atoms with Crippen molar-refractivity contribution in [1.82, 2.24) is 4.72 Å². The van der Waals surface area contributed by atoms with Crippen LogP contribution in [0.4, 0.5) is 0 Å². The molecular formula is C17H20ClNO2S. The van der Waals surface area contributed by atoms with Gasteiger partial charge in [-0.25, -0.2) is 13.1 Å². The van der Waals surface area contributed by atoms with E-state index < -0.39 is 10.0 Å². The largest absolute Gasteiger partial charge is 0.240 e. The fraction of sp³-hybridized carbons (Fsp3) is 0.294. The van der Waals surface area contributed by atoms with Gasteiger partial charge in [0.15, 0.2) is 0 Å². The number of nitrogens with one attached hydrogen (secondary N) is 1. The van der Waals surface area contributed by atoms with E-state index in [2.05, 4.69) is 16.9 Å². The van der Waals surface area contributed by atoms with Crippen LogP contribution in [0.25, 0.3) is 0 Å². The van der Waals surface area contributed by atoms with Gasteiger partial charge in [-0.05, 0) is 49.4 Å². The average molecular weight is 338 g/mol. The summed E-state index contributed by atoms with van der Waals surface area (Å²) in [5.41, 5.74) is 2.14. The van der Waals surface area contributed by atoms with E-state index in [4.69, 9.17) is 11.6 Å². The molecule has 2 aromatic carbocycles. The lowest BCUT2D eigenvalue weighted by Gasteiger charge is -2.08. The first-order valence-corrected chi connectivity index (χ1v) is 9.15. The fourth-order valence-corrected chi connectivity index (χ4v) is 3.47. The van der Waals surface area contributed by atoms with Crippen molar-refractivity contribution < 1.29 is 8.42 Å². The molecule has 0 aliphatic rings. The van der Waals surface area contributed by atoms with Gasteiger partial charge in [0, 0.05) is 11.6 Å². The maximum absolute atomic E-state index is 12.2. The van der Waals surface area contributed by atoms with E-state index in [1.807, 2.05) is 25.1 Å². The van der Waals surface area contributed by atoms with Crippen molar-refractivity contribution in [3.63, 3.8) is 0 Å². The first-order chi connectivity index (χ1) is 10.5. The highest BCUT2D eigenvalue weighted by atomic mass is 35.5. The van der Waals surface area contributed by atoms with Crippen LogP contribution in [0.5, 0.6) is 0 Å². The Labute approximate surface area is 137 Å². The van der Waals surface area contributed by atoms with E-state index in [-0.39, 0.29) is 4.90 Å². The Hall–Kier alpha value is -1.36. The molecule has 5 heteroatoms. The number of sulfonamides is 1. The standard InChI is InChI=1S/C17H20ClNO2S/c1-14-10-11-16(13-17(14)18)22(20,21)19-12-6-5-9-15-7-3-2-4-8-15/h2-4,7-8,10-11,13,19H,5-6,9,12H2,1H3. The van der Waals surface area contributed by atoms with Crippen LogP contribution in [0.3, 0.4) is 0 Å². The average Bonchev–Trinajstić information content (AvgIpc) is 2.50. The fourth-order valence-electron chi connectivity index (χ4n) is 2.13. The second-order valence-corrected chi connectivity index (χ2v) is 7.43. The van der Waals surface area contributed by atoms with Gasteiger partial charge in [0.25, 0.3) is 0 Å². The molecule has 0 bridgehead atoms. The lowest BCUT2D eigenvalue weighted by molar-refractivity contribution is 0.576. The van der Waals surface area contributed by atoms with E-state index in [1.54, 1.807) is 12.1 Å². The molecule has 0 aliphatic heterocycles. The van der Waals surface area contributed by atoms with Gasteiger partial charge >= 0.3 is 0 Å². The Balaban J connectivity index is 1.81. The van der Waals surface area contributed by atoms with E-state index in [0.29, 0.717) is 11.6 Å².